The third kappa shape index (κ3) is 4.64. The van der Waals surface area contributed by atoms with E-state index in [4.69, 9.17) is 0 Å². The number of nitriles is 1. The number of fused-ring (bicyclic) bond motifs is 1. The van der Waals surface area contributed by atoms with Crippen molar-refractivity contribution < 1.29 is 18.0 Å². The molecule has 10 nitrogen and oxygen atoms in total. The van der Waals surface area contributed by atoms with Gasteiger partial charge in [0.25, 0.3) is 0 Å². The summed E-state index contributed by atoms with van der Waals surface area (Å²) >= 11 is 0. The van der Waals surface area contributed by atoms with Gasteiger partial charge in [-0.15, -0.1) is 0 Å². The first kappa shape index (κ1) is 25.8. The Hall–Kier alpha value is -4.44. The highest BCUT2D eigenvalue weighted by atomic mass is 19.4. The number of aromatic nitrogens is 5. The number of halogens is 3. The predicted molar refractivity (Wildman–Crippen MR) is 140 cm³/mol. The lowest BCUT2D eigenvalue weighted by Crippen LogP contribution is -2.66. The molecule has 2 N–H and O–H groups in total. The molecule has 2 aliphatic heterocycles. The van der Waals surface area contributed by atoms with Crippen molar-refractivity contribution in [1.29, 1.82) is 5.26 Å². The Kier molecular flexibility index (Phi) is 6.42. The fraction of sp³-hybridized carbons (Fsp3) is 0.370. The molecule has 0 aliphatic carbocycles. The number of hydrogen-bond acceptors (Lipinski definition) is 6. The maximum atomic E-state index is 13.3. The van der Waals surface area contributed by atoms with E-state index in [1.807, 2.05) is 35.4 Å². The van der Waals surface area contributed by atoms with Crippen molar-refractivity contribution in [3.05, 3.63) is 60.9 Å². The molecule has 0 aromatic carbocycles. The number of piperidine rings is 1. The Morgan fingerprint density at radius 2 is 1.98 bits per heavy atom. The van der Waals surface area contributed by atoms with E-state index in [-0.39, 0.29) is 11.7 Å². The molecule has 2 amide bonds. The van der Waals surface area contributed by atoms with Crippen LogP contribution in [0, 0.1) is 11.3 Å². The second kappa shape index (κ2) is 9.95. The lowest BCUT2D eigenvalue weighted by molar-refractivity contribution is -0.137. The summed E-state index contributed by atoms with van der Waals surface area (Å²) in [6, 6.07) is 6.72. The van der Waals surface area contributed by atoms with Crippen LogP contribution in [0.1, 0.15) is 24.8 Å². The van der Waals surface area contributed by atoms with Gasteiger partial charge >= 0.3 is 12.2 Å². The molecule has 0 radical (unpaired) electrons. The van der Waals surface area contributed by atoms with E-state index >= 15 is 0 Å². The standard InChI is InChI=1S/C27H26F3N9O/c28-27(29,30)22-3-8-32-14-23(22)36-25(40)37-11-4-19(5-12-37)38-16-26(17-38,6-7-31)39-15-18(13-35-39)20-1-9-33-24-21(20)2-10-34-24/h1-3,8-10,13-15,19H,4-6,11-12,16-17H2,(H,33,34)(H,36,40). The average Bonchev–Trinajstić information content (AvgIpc) is 3.61. The lowest BCUT2D eigenvalue weighted by Gasteiger charge is -2.53. The minimum atomic E-state index is -4.59. The number of nitrogens with one attached hydrogen (secondary N) is 2. The Morgan fingerprint density at radius 1 is 1.18 bits per heavy atom. The second-order valence-electron chi connectivity index (χ2n) is 10.3. The third-order valence-electron chi connectivity index (χ3n) is 7.88. The van der Waals surface area contributed by atoms with Gasteiger partial charge in [-0.25, -0.2) is 9.78 Å². The van der Waals surface area contributed by atoms with E-state index in [9.17, 15) is 23.2 Å². The van der Waals surface area contributed by atoms with Crippen molar-refractivity contribution in [3.8, 4) is 17.2 Å². The number of alkyl halides is 3. The number of aromatic amines is 1. The van der Waals surface area contributed by atoms with Crippen molar-refractivity contribution in [2.45, 2.75) is 37.0 Å². The number of carbonyl (C=O) groups is 1. The summed E-state index contributed by atoms with van der Waals surface area (Å²) in [6.45, 7) is 2.14. The zero-order chi connectivity index (χ0) is 27.9. The lowest BCUT2D eigenvalue weighted by atomic mass is 9.84. The van der Waals surface area contributed by atoms with Crippen molar-refractivity contribution in [2.24, 2.45) is 0 Å². The van der Waals surface area contributed by atoms with Gasteiger partial charge in [-0.1, -0.05) is 0 Å². The predicted octanol–water partition coefficient (Wildman–Crippen LogP) is 4.46. The number of amides is 2. The van der Waals surface area contributed by atoms with E-state index in [2.05, 4.69) is 36.3 Å². The third-order valence-corrected chi connectivity index (χ3v) is 7.88. The van der Waals surface area contributed by atoms with Gasteiger partial charge in [-0.05, 0) is 36.6 Å². The summed E-state index contributed by atoms with van der Waals surface area (Å²) in [5.74, 6) is 0. The number of hydrogen-bond donors (Lipinski definition) is 2. The molecule has 4 aromatic heterocycles. The van der Waals surface area contributed by atoms with Gasteiger partial charge in [0.15, 0.2) is 0 Å². The van der Waals surface area contributed by atoms with E-state index in [0.29, 0.717) is 45.4 Å². The molecular weight excluding hydrogens is 523 g/mol. The van der Waals surface area contributed by atoms with Crippen LogP contribution in [0.25, 0.3) is 22.2 Å². The van der Waals surface area contributed by atoms with Gasteiger partial charge in [0.05, 0.1) is 36.1 Å². The van der Waals surface area contributed by atoms with Crippen LogP contribution in [0.4, 0.5) is 23.7 Å². The first-order valence-corrected chi connectivity index (χ1v) is 12.9. The molecule has 0 spiro atoms. The fourth-order valence-electron chi connectivity index (χ4n) is 5.76. The normalized spacial score (nSPS) is 17.9. The van der Waals surface area contributed by atoms with Crippen LogP contribution in [0.3, 0.4) is 0 Å². The smallest absolute Gasteiger partial charge is 0.346 e. The fourth-order valence-corrected chi connectivity index (χ4v) is 5.76. The largest absolute Gasteiger partial charge is 0.418 e. The van der Waals surface area contributed by atoms with E-state index in [1.165, 1.54) is 4.90 Å². The number of H-pyrrole nitrogens is 1. The average molecular weight is 550 g/mol. The van der Waals surface area contributed by atoms with Gasteiger partial charge in [0.2, 0.25) is 0 Å². The van der Waals surface area contributed by atoms with Crippen LogP contribution in [-0.4, -0.2) is 72.8 Å². The molecule has 0 atom stereocenters. The minimum Gasteiger partial charge on any atom is -0.346 e. The molecule has 2 saturated heterocycles. The molecule has 6 rings (SSSR count). The Bertz CT molecular complexity index is 1570. The highest BCUT2D eigenvalue weighted by Crippen LogP contribution is 2.38. The number of carbonyl (C=O) groups excluding carboxylic acids is 1. The number of rotatable bonds is 5. The van der Waals surface area contributed by atoms with E-state index < -0.39 is 23.3 Å². The number of pyridine rings is 2. The van der Waals surface area contributed by atoms with Gasteiger partial charge in [0, 0.05) is 68.0 Å². The minimum absolute atomic E-state index is 0.203. The SMILES string of the molecule is N#CCC1(n2cc(-c3ccnc4[nH]ccc34)cn2)CN(C2CCN(C(=O)Nc3cnccc3C(F)(F)F)CC2)C1. The number of nitrogens with zero attached hydrogens (tertiary/aromatic N) is 7. The molecule has 206 valence electrons. The monoisotopic (exact) mass is 549 g/mol. The Morgan fingerprint density at radius 3 is 2.73 bits per heavy atom. The molecule has 2 aliphatic rings. The summed E-state index contributed by atoms with van der Waals surface area (Å²) in [5.41, 5.74) is 1.04. The molecular formula is C27H26F3N9O. The highest BCUT2D eigenvalue weighted by Gasteiger charge is 2.48. The zero-order valence-electron chi connectivity index (χ0n) is 21.4. The summed E-state index contributed by atoms with van der Waals surface area (Å²) < 4.78 is 41.7. The van der Waals surface area contributed by atoms with Gasteiger partial charge in [-0.2, -0.15) is 23.5 Å². The molecule has 13 heteroatoms. The van der Waals surface area contributed by atoms with Crippen molar-refractivity contribution in [2.75, 3.05) is 31.5 Å². The highest BCUT2D eigenvalue weighted by molar-refractivity contribution is 5.92. The number of urea groups is 1. The van der Waals surface area contributed by atoms with Crippen LogP contribution in [-0.2, 0) is 11.7 Å². The molecule has 4 aromatic rings. The van der Waals surface area contributed by atoms with Crippen LogP contribution < -0.4 is 5.32 Å². The van der Waals surface area contributed by atoms with Crippen LogP contribution >= 0.6 is 0 Å². The molecule has 0 unspecified atom stereocenters. The molecule has 0 saturated carbocycles. The van der Waals surface area contributed by atoms with Crippen LogP contribution in [0.15, 0.2) is 55.4 Å². The van der Waals surface area contributed by atoms with Crippen molar-refractivity contribution in [3.63, 3.8) is 0 Å². The van der Waals surface area contributed by atoms with Gasteiger partial charge < -0.3 is 15.2 Å². The van der Waals surface area contributed by atoms with E-state index in [1.54, 1.807) is 6.20 Å². The Labute approximate surface area is 227 Å². The summed E-state index contributed by atoms with van der Waals surface area (Å²) in [4.78, 5) is 27.7. The number of anilines is 1. The Balaban J connectivity index is 1.09. The van der Waals surface area contributed by atoms with Crippen molar-refractivity contribution in [1.82, 2.24) is 34.5 Å². The van der Waals surface area contributed by atoms with E-state index in [0.717, 1.165) is 40.6 Å². The second-order valence-corrected chi connectivity index (χ2v) is 10.3. The summed E-state index contributed by atoms with van der Waals surface area (Å²) in [7, 11) is 0. The summed E-state index contributed by atoms with van der Waals surface area (Å²) in [5, 5.41) is 17.6. The molecule has 0 bridgehead atoms. The quantitative estimate of drug-likeness (QED) is 0.380. The maximum absolute atomic E-state index is 13.3. The van der Waals surface area contributed by atoms with Crippen LogP contribution in [0.5, 0.6) is 0 Å². The van der Waals surface area contributed by atoms with Crippen LogP contribution in [0.2, 0.25) is 0 Å². The maximum Gasteiger partial charge on any atom is 0.418 e. The molecule has 6 heterocycles. The first-order valence-electron chi connectivity index (χ1n) is 12.9. The first-order chi connectivity index (χ1) is 19.3. The number of likely N-dealkylation sites (tertiary alicyclic amines) is 2. The molecule has 40 heavy (non-hydrogen) atoms. The zero-order valence-corrected chi connectivity index (χ0v) is 21.4. The topological polar surface area (TPSA) is 119 Å². The molecule has 2 fully saturated rings. The van der Waals surface area contributed by atoms with Crippen molar-refractivity contribution >= 4 is 22.8 Å². The summed E-state index contributed by atoms with van der Waals surface area (Å²) in [6.07, 6.45) is 6.54. The van der Waals surface area contributed by atoms with Gasteiger partial charge in [-0.3, -0.25) is 14.6 Å². The van der Waals surface area contributed by atoms with Gasteiger partial charge in [0.1, 0.15) is 11.2 Å².